The number of hydrogen-bond acceptors (Lipinski definition) is 5. The van der Waals surface area contributed by atoms with Gasteiger partial charge in [0.1, 0.15) is 6.33 Å². The minimum absolute atomic E-state index is 0. The van der Waals surface area contributed by atoms with E-state index in [0.29, 0.717) is 11.1 Å². The molecule has 1 N–H and O–H groups in total. The number of rotatable bonds is 5. The summed E-state index contributed by atoms with van der Waals surface area (Å²) in [6.45, 7) is 3.89. The third-order valence-corrected chi connectivity index (χ3v) is 5.49. The van der Waals surface area contributed by atoms with Crippen molar-refractivity contribution >= 4 is 24.0 Å². The van der Waals surface area contributed by atoms with Crippen LogP contribution >= 0.6 is 12.4 Å². The number of ketones is 2. The quantitative estimate of drug-likeness (QED) is 0.618. The van der Waals surface area contributed by atoms with Crippen LogP contribution in [0.3, 0.4) is 0 Å². The average Bonchev–Trinajstić information content (AvgIpc) is 2.74. The molecule has 0 saturated carbocycles. The van der Waals surface area contributed by atoms with Gasteiger partial charge in [-0.1, -0.05) is 24.3 Å². The standard InChI is InChI=1S/C24H23N3O2.ClH/c1-15(28)21-10-19-7-8-27-24(23(19)11-22(21)16(2)29)9-17-3-5-18(6-4-17)20-12-25-14-26-13-20;/h3-6,10-14,24,27H,7-9H2,1-2H3;1H. The van der Waals surface area contributed by atoms with Gasteiger partial charge in [0.25, 0.3) is 0 Å². The van der Waals surface area contributed by atoms with Crippen molar-refractivity contribution in [3.05, 3.63) is 82.9 Å². The minimum Gasteiger partial charge on any atom is -0.309 e. The lowest BCUT2D eigenvalue weighted by Crippen LogP contribution is -2.32. The molecule has 1 aliphatic rings. The molecule has 0 fully saturated rings. The van der Waals surface area contributed by atoms with E-state index in [2.05, 4.69) is 39.6 Å². The van der Waals surface area contributed by atoms with E-state index in [1.165, 1.54) is 25.7 Å². The summed E-state index contributed by atoms with van der Waals surface area (Å²) in [5.74, 6) is -0.134. The van der Waals surface area contributed by atoms with Gasteiger partial charge >= 0.3 is 0 Å². The van der Waals surface area contributed by atoms with Crippen LogP contribution in [0.1, 0.15) is 57.3 Å². The maximum atomic E-state index is 12.1. The summed E-state index contributed by atoms with van der Waals surface area (Å²) in [5, 5.41) is 3.57. The van der Waals surface area contributed by atoms with Gasteiger partial charge < -0.3 is 5.32 Å². The molecule has 0 bridgehead atoms. The molecule has 2 heterocycles. The molecule has 0 aliphatic carbocycles. The number of nitrogens with one attached hydrogen (secondary N) is 1. The van der Waals surface area contributed by atoms with Crippen LogP contribution < -0.4 is 5.32 Å². The molecule has 2 aromatic carbocycles. The third kappa shape index (κ3) is 4.48. The van der Waals surface area contributed by atoms with Crippen molar-refractivity contribution in [2.24, 2.45) is 0 Å². The van der Waals surface area contributed by atoms with E-state index in [4.69, 9.17) is 0 Å². The number of Topliss-reactive ketones (excluding diaryl/α,β-unsaturated/α-hetero) is 2. The van der Waals surface area contributed by atoms with Crippen LogP contribution in [0.15, 0.2) is 55.1 Å². The molecule has 0 radical (unpaired) electrons. The average molecular weight is 422 g/mol. The summed E-state index contributed by atoms with van der Waals surface area (Å²) in [5.41, 5.74) is 6.60. The van der Waals surface area contributed by atoms with Crippen LogP contribution in [0.25, 0.3) is 11.1 Å². The van der Waals surface area contributed by atoms with Crippen LogP contribution in [-0.2, 0) is 12.8 Å². The Bertz CT molecular complexity index is 1070. The lowest BCUT2D eigenvalue weighted by Gasteiger charge is -2.28. The molecule has 1 atom stereocenters. The third-order valence-electron chi connectivity index (χ3n) is 5.49. The Morgan fingerprint density at radius 3 is 2.23 bits per heavy atom. The first-order valence-electron chi connectivity index (χ1n) is 9.79. The number of nitrogens with zero attached hydrogens (tertiary/aromatic N) is 2. The zero-order chi connectivity index (χ0) is 20.4. The first-order valence-corrected chi connectivity index (χ1v) is 9.79. The maximum absolute atomic E-state index is 12.1. The molecule has 4 rings (SSSR count). The molecule has 1 aromatic heterocycles. The number of aromatic nitrogens is 2. The van der Waals surface area contributed by atoms with Gasteiger partial charge in [0.15, 0.2) is 11.6 Å². The summed E-state index contributed by atoms with van der Waals surface area (Å²) in [6.07, 6.45) is 6.80. The highest BCUT2D eigenvalue weighted by Crippen LogP contribution is 2.30. The zero-order valence-corrected chi connectivity index (χ0v) is 17.8. The Balaban J connectivity index is 0.00000256. The topological polar surface area (TPSA) is 72.0 Å². The lowest BCUT2D eigenvalue weighted by atomic mass is 9.85. The Labute approximate surface area is 182 Å². The van der Waals surface area contributed by atoms with E-state index in [9.17, 15) is 9.59 Å². The van der Waals surface area contributed by atoms with E-state index in [1.54, 1.807) is 12.4 Å². The molecule has 0 saturated heterocycles. The van der Waals surface area contributed by atoms with E-state index in [1.807, 2.05) is 12.1 Å². The zero-order valence-electron chi connectivity index (χ0n) is 17.0. The smallest absolute Gasteiger partial charge is 0.160 e. The highest BCUT2D eigenvalue weighted by Gasteiger charge is 2.24. The largest absolute Gasteiger partial charge is 0.309 e. The summed E-state index contributed by atoms with van der Waals surface area (Å²) >= 11 is 0. The first kappa shape index (κ1) is 21.8. The molecule has 154 valence electrons. The fourth-order valence-corrected chi connectivity index (χ4v) is 3.98. The fraction of sp³-hybridized carbons (Fsp3) is 0.250. The van der Waals surface area contributed by atoms with Gasteiger partial charge in [-0.25, -0.2) is 9.97 Å². The fourth-order valence-electron chi connectivity index (χ4n) is 3.98. The lowest BCUT2D eigenvalue weighted by molar-refractivity contribution is 0.0980. The van der Waals surface area contributed by atoms with Crippen LogP contribution in [0.5, 0.6) is 0 Å². The molecule has 6 heteroatoms. The normalized spacial score (nSPS) is 15.1. The number of carbonyl (C=O) groups is 2. The summed E-state index contributed by atoms with van der Waals surface area (Å²) in [7, 11) is 0. The van der Waals surface area contributed by atoms with Crippen molar-refractivity contribution in [3.8, 4) is 11.1 Å². The van der Waals surface area contributed by atoms with E-state index in [0.717, 1.165) is 41.6 Å². The molecule has 30 heavy (non-hydrogen) atoms. The Kier molecular flexibility index (Phi) is 6.75. The Morgan fingerprint density at radius 2 is 1.60 bits per heavy atom. The van der Waals surface area contributed by atoms with Crippen molar-refractivity contribution in [2.75, 3.05) is 6.54 Å². The summed E-state index contributed by atoms with van der Waals surface area (Å²) in [6, 6.07) is 12.3. The minimum atomic E-state index is -0.0724. The summed E-state index contributed by atoms with van der Waals surface area (Å²) in [4.78, 5) is 32.3. The predicted molar refractivity (Wildman–Crippen MR) is 119 cm³/mol. The van der Waals surface area contributed by atoms with Crippen molar-refractivity contribution in [2.45, 2.75) is 32.7 Å². The van der Waals surface area contributed by atoms with Crippen molar-refractivity contribution < 1.29 is 9.59 Å². The number of hydrogen-bond donors (Lipinski definition) is 1. The van der Waals surface area contributed by atoms with Gasteiger partial charge in [-0.3, -0.25) is 9.59 Å². The van der Waals surface area contributed by atoms with Crippen molar-refractivity contribution in [3.63, 3.8) is 0 Å². The van der Waals surface area contributed by atoms with Gasteiger partial charge in [0.05, 0.1) is 0 Å². The van der Waals surface area contributed by atoms with E-state index < -0.39 is 0 Å². The van der Waals surface area contributed by atoms with Gasteiger partial charge in [0.2, 0.25) is 0 Å². The molecule has 3 aromatic rings. The SMILES string of the molecule is CC(=O)c1cc2c(cc1C(C)=O)C(Cc1ccc(-c3cncnc3)cc1)NCC2.Cl. The van der Waals surface area contributed by atoms with Crippen LogP contribution in [0, 0.1) is 0 Å². The second-order valence-electron chi connectivity index (χ2n) is 7.49. The number of halogens is 1. The number of carbonyl (C=O) groups excluding carboxylic acids is 2. The molecule has 5 nitrogen and oxygen atoms in total. The molecule has 1 unspecified atom stereocenters. The van der Waals surface area contributed by atoms with E-state index in [-0.39, 0.29) is 30.0 Å². The van der Waals surface area contributed by atoms with Gasteiger partial charge in [-0.2, -0.15) is 0 Å². The number of benzene rings is 2. The second kappa shape index (κ2) is 9.28. The molecular weight excluding hydrogens is 398 g/mol. The Morgan fingerprint density at radius 1 is 0.967 bits per heavy atom. The molecular formula is C24H24ClN3O2. The molecule has 1 aliphatic heterocycles. The van der Waals surface area contributed by atoms with Crippen LogP contribution in [-0.4, -0.2) is 28.1 Å². The van der Waals surface area contributed by atoms with E-state index >= 15 is 0 Å². The molecule has 0 spiro atoms. The van der Waals surface area contributed by atoms with Crippen LogP contribution in [0.2, 0.25) is 0 Å². The van der Waals surface area contributed by atoms with Gasteiger partial charge in [-0.05, 0) is 67.6 Å². The number of fused-ring (bicyclic) bond motifs is 1. The predicted octanol–water partition coefficient (Wildman–Crippen LogP) is 4.40. The summed E-state index contributed by atoms with van der Waals surface area (Å²) < 4.78 is 0. The Hall–Kier alpha value is -2.89. The monoisotopic (exact) mass is 421 g/mol. The van der Waals surface area contributed by atoms with Crippen molar-refractivity contribution in [1.82, 2.24) is 15.3 Å². The van der Waals surface area contributed by atoms with Gasteiger partial charge in [-0.15, -0.1) is 12.4 Å². The maximum Gasteiger partial charge on any atom is 0.160 e. The van der Waals surface area contributed by atoms with Gasteiger partial charge in [0, 0.05) is 35.1 Å². The highest BCUT2D eigenvalue weighted by molar-refractivity contribution is 6.07. The second-order valence-corrected chi connectivity index (χ2v) is 7.49. The highest BCUT2D eigenvalue weighted by atomic mass is 35.5. The molecule has 0 amide bonds. The van der Waals surface area contributed by atoms with Crippen LogP contribution in [0.4, 0.5) is 0 Å². The van der Waals surface area contributed by atoms with Crippen molar-refractivity contribution in [1.29, 1.82) is 0 Å². The first-order chi connectivity index (χ1) is 14.0.